The number of carbonyl (C=O) groups is 5. The number of fused-ring (bicyclic) bond motifs is 5. The minimum atomic E-state index is -6.58. The third-order valence-corrected chi connectivity index (χ3v) is 14.1. The SMILES string of the molecule is CC(=O)OC1CC[C@@]2(C)[C@@H](C1)CC(OC(C)=O)[C@@H]1[C@@H]2CC(OC(C)=O)[C@]2(C)[C@@H]([C@H](C)CCC(=O)OCCCC(=O)O[C@@H](C(F)(F)F)C(F)(F)S(=O)(=O)O)CC[C@@H]12. The number of rotatable bonds is 14. The van der Waals surface area contributed by atoms with Crippen LogP contribution in [0.1, 0.15) is 112 Å². The number of halogens is 5. The van der Waals surface area contributed by atoms with Crippen molar-refractivity contribution in [3.05, 3.63) is 0 Å². The highest BCUT2D eigenvalue weighted by atomic mass is 32.2. The molecule has 0 heterocycles. The highest BCUT2D eigenvalue weighted by Crippen LogP contribution is 2.69. The second-order valence-electron chi connectivity index (χ2n) is 16.6. The van der Waals surface area contributed by atoms with Crippen molar-refractivity contribution in [2.45, 2.75) is 148 Å². The summed E-state index contributed by atoms with van der Waals surface area (Å²) >= 11 is 0. The highest BCUT2D eigenvalue weighted by molar-refractivity contribution is 7.86. The quantitative estimate of drug-likeness (QED) is 0.0672. The molecule has 19 heteroatoms. The third-order valence-electron chi connectivity index (χ3n) is 13.2. The van der Waals surface area contributed by atoms with E-state index in [1.807, 2.05) is 6.92 Å². The van der Waals surface area contributed by atoms with Crippen LogP contribution in [0.15, 0.2) is 0 Å². The van der Waals surface area contributed by atoms with Crippen LogP contribution < -0.4 is 0 Å². The topological polar surface area (TPSA) is 186 Å². The largest absolute Gasteiger partial charge is 0.466 e. The van der Waals surface area contributed by atoms with Crippen LogP contribution in [0, 0.1) is 46.3 Å². The van der Waals surface area contributed by atoms with Crippen LogP contribution >= 0.6 is 0 Å². The Bertz CT molecular complexity index is 1600. The number of hydrogen-bond donors (Lipinski definition) is 1. The summed E-state index contributed by atoms with van der Waals surface area (Å²) in [6, 6.07) is 0. The predicted molar refractivity (Wildman–Crippen MR) is 184 cm³/mol. The van der Waals surface area contributed by atoms with E-state index in [-0.39, 0.29) is 59.4 Å². The van der Waals surface area contributed by atoms with E-state index in [1.165, 1.54) is 20.8 Å². The van der Waals surface area contributed by atoms with E-state index in [1.54, 1.807) is 0 Å². The van der Waals surface area contributed by atoms with Crippen LogP contribution in [0.25, 0.3) is 0 Å². The lowest BCUT2D eigenvalue weighted by molar-refractivity contribution is -0.259. The van der Waals surface area contributed by atoms with Gasteiger partial charge in [-0.05, 0) is 92.8 Å². The van der Waals surface area contributed by atoms with E-state index >= 15 is 0 Å². The lowest BCUT2D eigenvalue weighted by Crippen LogP contribution is -2.63. The van der Waals surface area contributed by atoms with Gasteiger partial charge in [0.25, 0.3) is 6.10 Å². The van der Waals surface area contributed by atoms with Gasteiger partial charge in [0.1, 0.15) is 18.3 Å². The van der Waals surface area contributed by atoms with Gasteiger partial charge in [0, 0.05) is 44.9 Å². The van der Waals surface area contributed by atoms with Gasteiger partial charge < -0.3 is 23.7 Å². The normalized spacial score (nSPS) is 34.1. The van der Waals surface area contributed by atoms with Crippen molar-refractivity contribution in [3.63, 3.8) is 0 Å². The van der Waals surface area contributed by atoms with E-state index in [4.69, 9.17) is 23.5 Å². The molecule has 0 radical (unpaired) electrons. The predicted octanol–water partition coefficient (Wildman–Crippen LogP) is 6.35. The number of hydrogen-bond acceptors (Lipinski definition) is 12. The molecule has 0 amide bonds. The molecular formula is C37H53F5O13S. The van der Waals surface area contributed by atoms with Crippen molar-refractivity contribution in [2.24, 2.45) is 46.3 Å². The summed E-state index contributed by atoms with van der Waals surface area (Å²) in [6.45, 7) is 10.0. The Morgan fingerprint density at radius 2 is 1.45 bits per heavy atom. The van der Waals surface area contributed by atoms with Crippen LogP contribution in [-0.2, 0) is 57.8 Å². The molecule has 13 nitrogen and oxygen atoms in total. The molecule has 0 aliphatic heterocycles. The van der Waals surface area contributed by atoms with Crippen molar-refractivity contribution in [3.8, 4) is 0 Å². The van der Waals surface area contributed by atoms with E-state index in [9.17, 15) is 54.3 Å². The molecule has 56 heavy (non-hydrogen) atoms. The molecule has 1 N–H and O–H groups in total. The van der Waals surface area contributed by atoms with Crippen LogP contribution in [0.3, 0.4) is 0 Å². The summed E-state index contributed by atoms with van der Waals surface area (Å²) in [6.07, 6.45) is -7.85. The van der Waals surface area contributed by atoms with Crippen LogP contribution in [-0.4, -0.2) is 85.3 Å². The first-order valence-electron chi connectivity index (χ1n) is 19.0. The maximum absolute atomic E-state index is 13.7. The van der Waals surface area contributed by atoms with E-state index in [0.717, 1.165) is 19.3 Å². The first-order chi connectivity index (χ1) is 25.7. The lowest BCUT2D eigenvalue weighted by atomic mass is 9.43. The molecular weight excluding hydrogens is 779 g/mol. The maximum atomic E-state index is 13.7. The van der Waals surface area contributed by atoms with E-state index < -0.39 is 88.6 Å². The van der Waals surface area contributed by atoms with Gasteiger partial charge >= 0.3 is 51.4 Å². The first kappa shape index (κ1) is 45.6. The molecule has 4 rings (SSSR count). The van der Waals surface area contributed by atoms with Crippen LogP contribution in [0.5, 0.6) is 0 Å². The van der Waals surface area contributed by atoms with Gasteiger partial charge in [-0.1, -0.05) is 20.8 Å². The zero-order valence-corrected chi connectivity index (χ0v) is 33.2. The zero-order chi connectivity index (χ0) is 42.2. The van der Waals surface area contributed by atoms with E-state index in [0.29, 0.717) is 32.1 Å². The Kier molecular flexibility index (Phi) is 13.9. The van der Waals surface area contributed by atoms with Gasteiger partial charge in [-0.2, -0.15) is 30.4 Å². The maximum Gasteiger partial charge on any atom is 0.432 e. The number of carbonyl (C=O) groups excluding carboxylic acids is 5. The summed E-state index contributed by atoms with van der Waals surface area (Å²) in [5, 5.41) is -5.85. The van der Waals surface area contributed by atoms with Crippen LogP contribution in [0.2, 0.25) is 0 Å². The van der Waals surface area contributed by atoms with Gasteiger partial charge in [-0.3, -0.25) is 28.5 Å². The summed E-state index contributed by atoms with van der Waals surface area (Å²) < 4.78 is 123. The molecule has 12 atom stereocenters. The molecule has 0 aromatic carbocycles. The minimum Gasteiger partial charge on any atom is -0.466 e. The van der Waals surface area contributed by atoms with Crippen molar-refractivity contribution >= 4 is 40.0 Å². The van der Waals surface area contributed by atoms with Gasteiger partial charge in [-0.15, -0.1) is 0 Å². The Morgan fingerprint density at radius 1 is 0.821 bits per heavy atom. The van der Waals surface area contributed by atoms with Crippen molar-refractivity contribution in [2.75, 3.05) is 6.61 Å². The van der Waals surface area contributed by atoms with Crippen LogP contribution in [0.4, 0.5) is 22.0 Å². The molecule has 4 aliphatic rings. The van der Waals surface area contributed by atoms with Crippen molar-refractivity contribution in [1.29, 1.82) is 0 Å². The fourth-order valence-corrected chi connectivity index (χ4v) is 11.2. The number of esters is 5. The van der Waals surface area contributed by atoms with Crippen molar-refractivity contribution in [1.82, 2.24) is 0 Å². The minimum absolute atomic E-state index is 0.00690. The molecule has 320 valence electrons. The standard InChI is InChI=1S/C37H53F5O13S/c1-19(9-12-30(46)51-15-7-8-31(47)55-33(36(38,39)40)37(41,42)56(48,49)50)25-10-11-26-32-27(18-29(35(25,26)6)54-22(4)45)34(5)14-13-24(52-20(2)43)16-23(34)17-28(32)53-21(3)44/h19,23-29,32-33H,7-18H2,1-6H3,(H,48,49,50)/t19-,23+,24?,25-,26+,27+,28?,29?,32+,33+,34+,35-/m1/s1. The second-order valence-corrected chi connectivity index (χ2v) is 18.0. The first-order valence-corrected chi connectivity index (χ1v) is 20.5. The molecule has 4 fully saturated rings. The molecule has 4 aliphatic carbocycles. The highest BCUT2D eigenvalue weighted by Gasteiger charge is 2.68. The fraction of sp³-hybridized carbons (Fsp3) is 0.865. The Balaban J connectivity index is 1.41. The number of ether oxygens (including phenoxy) is 5. The van der Waals surface area contributed by atoms with Crippen molar-refractivity contribution < 1.29 is 82.6 Å². The average Bonchev–Trinajstić information content (AvgIpc) is 3.41. The molecule has 4 saturated carbocycles. The third kappa shape index (κ3) is 9.60. The monoisotopic (exact) mass is 832 g/mol. The fourth-order valence-electron chi connectivity index (χ4n) is 10.8. The van der Waals surface area contributed by atoms with Gasteiger partial charge in [0.15, 0.2) is 0 Å². The molecule has 0 aromatic heterocycles. The molecule has 0 saturated heterocycles. The van der Waals surface area contributed by atoms with Gasteiger partial charge in [0.2, 0.25) is 0 Å². The molecule has 0 bridgehead atoms. The molecule has 3 unspecified atom stereocenters. The smallest absolute Gasteiger partial charge is 0.432 e. The summed E-state index contributed by atoms with van der Waals surface area (Å²) in [7, 11) is -6.58. The lowest BCUT2D eigenvalue weighted by Gasteiger charge is -2.64. The summed E-state index contributed by atoms with van der Waals surface area (Å²) in [5.74, 6) is -3.69. The Morgan fingerprint density at radius 3 is 2.02 bits per heavy atom. The summed E-state index contributed by atoms with van der Waals surface area (Å²) in [5.41, 5.74) is -0.736. The number of alkyl halides is 5. The average molecular weight is 833 g/mol. The second kappa shape index (κ2) is 17.0. The summed E-state index contributed by atoms with van der Waals surface area (Å²) in [4.78, 5) is 61.5. The Hall–Kier alpha value is -3.09. The molecule has 0 aromatic rings. The Labute approximate surface area is 323 Å². The van der Waals surface area contributed by atoms with E-state index in [2.05, 4.69) is 18.6 Å². The van der Waals surface area contributed by atoms with Gasteiger partial charge in [-0.25, -0.2) is 0 Å². The zero-order valence-electron chi connectivity index (χ0n) is 32.4. The molecule has 0 spiro atoms. The van der Waals surface area contributed by atoms with Gasteiger partial charge in [0.05, 0.1) is 6.61 Å².